The molecular formula is C24H17N5O4Se. The Morgan fingerprint density at radius 2 is 1.68 bits per heavy atom. The minimum atomic E-state index is -0.585. The molecule has 0 saturated heterocycles. The van der Waals surface area contributed by atoms with Crippen molar-refractivity contribution in [2.24, 2.45) is 0 Å². The van der Waals surface area contributed by atoms with Gasteiger partial charge >= 0.3 is 164 Å². The number of pyridine rings is 2. The molecule has 0 unspecified atom stereocenters. The summed E-state index contributed by atoms with van der Waals surface area (Å²) in [4.78, 5) is 43.6. The molecule has 0 aliphatic rings. The smallest absolute Gasteiger partial charge is 0.0267 e. The zero-order valence-electron chi connectivity index (χ0n) is 17.6. The number of carbonyl (C=O) groups excluding carboxylic acids is 1. The molecule has 5 aromatic rings. The second kappa shape index (κ2) is 10.5. The number of fused-ring (bicyclic) bond motifs is 1. The molecule has 34 heavy (non-hydrogen) atoms. The number of anilines is 1. The fraction of sp³-hybridized carbons (Fsp3) is 0. The molecule has 168 valence electrons. The maximum atomic E-state index is 12.6. The van der Waals surface area contributed by atoms with Crippen LogP contribution >= 0.6 is 0 Å². The van der Waals surface area contributed by atoms with Gasteiger partial charge in [-0.3, -0.25) is 4.98 Å². The Bertz CT molecular complexity index is 1470. The number of carbonyl (C=O) groups is 1. The van der Waals surface area contributed by atoms with Crippen molar-refractivity contribution in [2.75, 3.05) is 5.32 Å². The second-order valence-electron chi connectivity index (χ2n) is 6.84. The van der Waals surface area contributed by atoms with E-state index in [9.17, 15) is 19.7 Å². The topological polar surface area (TPSA) is 120 Å². The Balaban J connectivity index is 0.000000398. The van der Waals surface area contributed by atoms with Crippen molar-refractivity contribution in [2.45, 2.75) is 0 Å². The number of nitro groups is 1. The first kappa shape index (κ1) is 22.8. The maximum Gasteiger partial charge on any atom is 0.0267 e. The van der Waals surface area contributed by atoms with E-state index in [4.69, 9.17) is 0 Å². The van der Waals surface area contributed by atoms with E-state index in [1.165, 1.54) is 28.0 Å². The molecule has 0 aliphatic carbocycles. The third-order valence-corrected chi connectivity index (χ3v) is 6.95. The first-order valence-electron chi connectivity index (χ1n) is 10.0. The van der Waals surface area contributed by atoms with Gasteiger partial charge in [-0.15, -0.1) is 0 Å². The van der Waals surface area contributed by atoms with Crippen molar-refractivity contribution in [1.29, 1.82) is 0 Å². The SMILES string of the molecule is O=C(Nc1ccc(-n2[se]c3ccccc3c2=O)cc1[N+](=O)[O-])c1ccccn1.c1ccncc1. The number of amides is 1. The molecule has 2 aromatic carbocycles. The van der Waals surface area contributed by atoms with E-state index in [1.807, 2.05) is 30.3 Å². The van der Waals surface area contributed by atoms with Crippen LogP contribution in [0.5, 0.6) is 0 Å². The molecule has 9 nitrogen and oxygen atoms in total. The number of aromatic nitrogens is 3. The van der Waals surface area contributed by atoms with Gasteiger partial charge < -0.3 is 0 Å². The van der Waals surface area contributed by atoms with E-state index < -0.39 is 10.8 Å². The number of nitrogens with one attached hydrogen (secondary N) is 1. The fourth-order valence-electron chi connectivity index (χ4n) is 3.04. The van der Waals surface area contributed by atoms with Crippen molar-refractivity contribution < 1.29 is 9.72 Å². The van der Waals surface area contributed by atoms with Gasteiger partial charge in [-0.2, -0.15) is 0 Å². The predicted octanol–water partition coefficient (Wildman–Crippen LogP) is 3.68. The van der Waals surface area contributed by atoms with Crippen molar-refractivity contribution in [3.8, 4) is 5.69 Å². The van der Waals surface area contributed by atoms with Crippen molar-refractivity contribution in [3.05, 3.63) is 124 Å². The van der Waals surface area contributed by atoms with Crippen LogP contribution in [-0.4, -0.2) is 39.1 Å². The van der Waals surface area contributed by atoms with Gasteiger partial charge in [0.2, 0.25) is 0 Å². The van der Waals surface area contributed by atoms with Crippen LogP contribution in [0.15, 0.2) is 102 Å². The van der Waals surface area contributed by atoms with E-state index in [2.05, 4.69) is 15.3 Å². The van der Waals surface area contributed by atoms with Crippen molar-refractivity contribution >= 4 is 41.7 Å². The van der Waals surface area contributed by atoms with Gasteiger partial charge in [0.25, 0.3) is 0 Å². The van der Waals surface area contributed by atoms with Crippen LogP contribution in [0.3, 0.4) is 0 Å². The third kappa shape index (κ3) is 5.15. The molecule has 0 aliphatic heterocycles. The average molecular weight is 518 g/mol. The van der Waals surface area contributed by atoms with Gasteiger partial charge in [0.15, 0.2) is 0 Å². The van der Waals surface area contributed by atoms with Crippen LogP contribution in [0, 0.1) is 10.1 Å². The van der Waals surface area contributed by atoms with Crippen LogP contribution in [-0.2, 0) is 0 Å². The van der Waals surface area contributed by atoms with Gasteiger partial charge in [-0.25, -0.2) is 0 Å². The molecule has 3 heterocycles. The monoisotopic (exact) mass is 519 g/mol. The van der Waals surface area contributed by atoms with Crippen LogP contribution in [0.25, 0.3) is 15.3 Å². The Hall–Kier alpha value is -4.40. The summed E-state index contributed by atoms with van der Waals surface area (Å²) in [6, 6.07) is 22.1. The maximum absolute atomic E-state index is 12.6. The van der Waals surface area contributed by atoms with E-state index in [0.29, 0.717) is 11.1 Å². The Morgan fingerprint density at radius 1 is 0.941 bits per heavy atom. The predicted molar refractivity (Wildman–Crippen MR) is 130 cm³/mol. The summed E-state index contributed by atoms with van der Waals surface area (Å²) >= 11 is -0.305. The normalized spacial score (nSPS) is 10.2. The number of nitrogens with zero attached hydrogens (tertiary/aromatic N) is 4. The summed E-state index contributed by atoms with van der Waals surface area (Å²) in [6.45, 7) is 0. The number of benzene rings is 2. The van der Waals surface area contributed by atoms with Crippen LogP contribution in [0.4, 0.5) is 11.4 Å². The first-order chi connectivity index (χ1) is 16.5. The number of hydrogen-bond donors (Lipinski definition) is 1. The van der Waals surface area contributed by atoms with Gasteiger partial charge in [0, 0.05) is 12.4 Å². The molecule has 1 N–H and O–H groups in total. The molecule has 0 atom stereocenters. The van der Waals surface area contributed by atoms with Crippen LogP contribution in [0.2, 0.25) is 0 Å². The molecule has 5 rings (SSSR count). The molecule has 0 spiro atoms. The van der Waals surface area contributed by atoms with E-state index >= 15 is 0 Å². The number of hydrogen-bond acceptors (Lipinski definition) is 6. The molecule has 3 aromatic heterocycles. The molecule has 0 fully saturated rings. The molecule has 10 heteroatoms. The second-order valence-corrected chi connectivity index (χ2v) is 8.91. The molecule has 0 bridgehead atoms. The van der Waals surface area contributed by atoms with Crippen molar-refractivity contribution in [3.63, 3.8) is 0 Å². The minimum Gasteiger partial charge on any atom is -0.265 e. The van der Waals surface area contributed by atoms with Crippen molar-refractivity contribution in [1.82, 2.24) is 13.5 Å². The zero-order chi connectivity index (χ0) is 23.9. The molecule has 0 saturated carbocycles. The standard InChI is InChI=1S/C19H12N4O4Se.C5H5N/c24-18(15-6-3-4-10-20-15)21-14-9-8-12(11-16(14)23(26)27)22-19(25)13-5-1-2-7-17(13)28-22;1-2-4-6-5-3-1/h1-11H,(H,21,24);1-5H. The summed E-state index contributed by atoms with van der Waals surface area (Å²) < 4.78 is 2.46. The number of rotatable bonds is 4. The summed E-state index contributed by atoms with van der Waals surface area (Å²) in [7, 11) is 0. The summed E-state index contributed by atoms with van der Waals surface area (Å²) in [5.74, 6) is -0.551. The third-order valence-electron chi connectivity index (χ3n) is 4.62. The van der Waals surface area contributed by atoms with Gasteiger partial charge in [0.05, 0.1) is 0 Å². The van der Waals surface area contributed by atoms with Crippen LogP contribution in [0.1, 0.15) is 10.5 Å². The Kier molecular flexibility index (Phi) is 7.02. The summed E-state index contributed by atoms with van der Waals surface area (Å²) in [5.41, 5.74) is 0.135. The van der Waals surface area contributed by atoms with Gasteiger partial charge in [-0.05, 0) is 12.1 Å². The Morgan fingerprint density at radius 3 is 2.29 bits per heavy atom. The molecule has 0 radical (unpaired) electrons. The summed E-state index contributed by atoms with van der Waals surface area (Å²) in [5, 5.41) is 14.7. The van der Waals surface area contributed by atoms with Gasteiger partial charge in [-0.1, -0.05) is 6.07 Å². The fourth-order valence-corrected chi connectivity index (χ4v) is 5.12. The van der Waals surface area contributed by atoms with E-state index in [0.717, 1.165) is 4.26 Å². The minimum absolute atomic E-state index is 0.0427. The van der Waals surface area contributed by atoms with Crippen LogP contribution < -0.4 is 10.9 Å². The quantitative estimate of drug-likeness (QED) is 0.220. The first-order valence-corrected chi connectivity index (χ1v) is 11.6. The molecular weight excluding hydrogens is 501 g/mol. The summed E-state index contributed by atoms with van der Waals surface area (Å²) in [6.07, 6.45) is 4.96. The zero-order valence-corrected chi connectivity index (χ0v) is 19.3. The largest absolute Gasteiger partial charge is 0.265 e. The Labute approximate surface area is 199 Å². The average Bonchev–Trinajstić information content (AvgIpc) is 3.22. The van der Waals surface area contributed by atoms with Gasteiger partial charge in [0.1, 0.15) is 0 Å². The van der Waals surface area contributed by atoms with E-state index in [1.54, 1.807) is 42.7 Å². The molecule has 1 amide bonds. The number of nitro benzene ring substituents is 1. The van der Waals surface area contributed by atoms with E-state index in [-0.39, 0.29) is 37.4 Å².